The standard InChI is InChI=1S/Na.2H4O4Si.3H2O.H/c;2*1-5(2,3)4;;;;/h;2*1-4H;3*1H2;/q+1;;;;;;-1. The summed E-state index contributed by atoms with van der Waals surface area (Å²) in [6.45, 7) is 0. The number of hydrogen-bond donors (Lipinski definition) is 8. The smallest absolute Gasteiger partial charge is 1.00 e. The Kier molecular flexibility index (Phi) is 36.3. The van der Waals surface area contributed by atoms with Gasteiger partial charge in [0, 0.05) is 0 Å². The van der Waals surface area contributed by atoms with Gasteiger partial charge in [-0.1, -0.05) is 0 Å². The van der Waals surface area contributed by atoms with Crippen LogP contribution in [0.15, 0.2) is 0 Å². The Hall–Kier alpha value is 0.994. The van der Waals surface area contributed by atoms with Gasteiger partial charge in [-0.25, -0.2) is 0 Å². The Labute approximate surface area is 104 Å². The van der Waals surface area contributed by atoms with Crippen LogP contribution in [0.25, 0.3) is 0 Å². The molecule has 0 atom stereocenters. The van der Waals surface area contributed by atoms with Crippen LogP contribution in [0.4, 0.5) is 0 Å². The summed E-state index contributed by atoms with van der Waals surface area (Å²) in [5.74, 6) is 0. The van der Waals surface area contributed by atoms with Gasteiger partial charge in [0.05, 0.1) is 0 Å². The molecule has 0 heterocycles. The second kappa shape index (κ2) is 14.0. The van der Waals surface area contributed by atoms with Crippen LogP contribution < -0.4 is 29.6 Å². The van der Waals surface area contributed by atoms with E-state index in [1.807, 2.05) is 0 Å². The van der Waals surface area contributed by atoms with E-state index in [9.17, 15) is 0 Å². The van der Waals surface area contributed by atoms with Gasteiger partial charge < -0.3 is 56.2 Å². The summed E-state index contributed by atoms with van der Waals surface area (Å²) in [5.41, 5.74) is 0. The Balaban J connectivity index is -0.0000000128. The molecule has 11 nitrogen and oxygen atoms in total. The first-order chi connectivity index (χ1) is 4.00. The van der Waals surface area contributed by atoms with E-state index in [0.29, 0.717) is 0 Å². The summed E-state index contributed by atoms with van der Waals surface area (Å²) in [4.78, 5) is 58.6. The van der Waals surface area contributed by atoms with E-state index >= 15 is 0 Å². The zero-order chi connectivity index (χ0) is 9.00. The summed E-state index contributed by atoms with van der Waals surface area (Å²) < 4.78 is 0. The van der Waals surface area contributed by atoms with Gasteiger partial charge in [-0.15, -0.1) is 0 Å². The minimum absolute atomic E-state index is 0. The molecule has 0 aromatic heterocycles. The quantitative estimate of drug-likeness (QED) is 0.195. The predicted molar refractivity (Wildman–Crippen MR) is 41.2 cm³/mol. The third-order valence-corrected chi connectivity index (χ3v) is 0. The second-order valence-corrected chi connectivity index (χ2v) is 3.60. The molecule has 0 spiro atoms. The normalized spacial score (nSPS) is 8.57. The van der Waals surface area contributed by atoms with Crippen molar-refractivity contribution in [1.29, 1.82) is 0 Å². The van der Waals surface area contributed by atoms with Gasteiger partial charge in [0.25, 0.3) is 0 Å². The van der Waals surface area contributed by atoms with Crippen LogP contribution in [0.1, 0.15) is 1.43 Å². The Morgan fingerprint density at radius 3 is 0.500 bits per heavy atom. The van der Waals surface area contributed by atoms with Gasteiger partial charge in [0.15, 0.2) is 0 Å². The molecule has 0 aliphatic carbocycles. The van der Waals surface area contributed by atoms with Gasteiger partial charge in [-0.2, -0.15) is 0 Å². The molecular weight excluding hydrogens is 255 g/mol. The van der Waals surface area contributed by atoms with Crippen molar-refractivity contribution in [1.82, 2.24) is 0 Å². The van der Waals surface area contributed by atoms with Crippen LogP contribution in [-0.2, 0) is 0 Å². The van der Waals surface area contributed by atoms with Crippen LogP contribution in [0.5, 0.6) is 0 Å². The van der Waals surface area contributed by atoms with E-state index in [4.69, 9.17) is 38.4 Å². The average Bonchev–Trinajstić information content (AvgIpc) is 1.12. The first-order valence-corrected chi connectivity index (χ1v) is 5.37. The molecule has 0 aromatic carbocycles. The predicted octanol–water partition coefficient (Wildman–Crippen LogP) is -10.6. The van der Waals surface area contributed by atoms with Gasteiger partial charge in [0.2, 0.25) is 0 Å². The van der Waals surface area contributed by atoms with E-state index in [2.05, 4.69) is 0 Å². The van der Waals surface area contributed by atoms with Crippen molar-refractivity contribution >= 4 is 18.1 Å². The third kappa shape index (κ3) is 1890. The summed E-state index contributed by atoms with van der Waals surface area (Å²) in [7, 11) is -9.22. The molecule has 0 saturated carbocycles. The van der Waals surface area contributed by atoms with Crippen molar-refractivity contribution in [3.8, 4) is 0 Å². The summed E-state index contributed by atoms with van der Waals surface area (Å²) in [5, 5.41) is 0. The molecule has 14 N–H and O–H groups in total. The molecule has 14 heteroatoms. The molecule has 0 bridgehead atoms. The second-order valence-electron chi connectivity index (χ2n) is 1.20. The summed E-state index contributed by atoms with van der Waals surface area (Å²) in [6, 6.07) is 0. The van der Waals surface area contributed by atoms with E-state index < -0.39 is 18.1 Å². The molecule has 0 fully saturated rings. The molecule has 0 aromatic rings. The van der Waals surface area contributed by atoms with Gasteiger partial charge in [-0.05, 0) is 0 Å². The van der Waals surface area contributed by atoms with E-state index in [1.165, 1.54) is 0 Å². The Morgan fingerprint density at radius 1 is 0.500 bits per heavy atom. The molecule has 0 radical (unpaired) electrons. The first-order valence-electron chi connectivity index (χ1n) is 1.79. The molecule has 0 unspecified atom stereocenters. The minimum Gasteiger partial charge on any atom is -1.00 e. The van der Waals surface area contributed by atoms with Gasteiger partial charge in [0.1, 0.15) is 0 Å². The van der Waals surface area contributed by atoms with Gasteiger partial charge >= 0.3 is 47.7 Å². The molecule has 0 amide bonds. The van der Waals surface area contributed by atoms with Crippen molar-refractivity contribution in [2.75, 3.05) is 0 Å². The molecule has 0 rings (SSSR count). The fourth-order valence-electron chi connectivity index (χ4n) is 0. The maximum Gasteiger partial charge on any atom is 1.00 e. The molecule has 14 heavy (non-hydrogen) atoms. The number of hydrogen-bond acceptors (Lipinski definition) is 8. The number of rotatable bonds is 0. The van der Waals surface area contributed by atoms with Gasteiger partial charge in [-0.3, -0.25) is 0 Å². The Morgan fingerprint density at radius 2 is 0.500 bits per heavy atom. The maximum atomic E-state index is 7.33. The largest absolute Gasteiger partial charge is 1.00 e. The van der Waals surface area contributed by atoms with E-state index in [-0.39, 0.29) is 47.4 Å². The fourth-order valence-corrected chi connectivity index (χ4v) is 0. The zero-order valence-electron chi connectivity index (χ0n) is 8.08. The van der Waals surface area contributed by atoms with Crippen LogP contribution in [-0.4, -0.2) is 72.9 Å². The summed E-state index contributed by atoms with van der Waals surface area (Å²) >= 11 is 0. The average molecular weight is 270 g/mol. The topological polar surface area (TPSA) is 256 Å². The summed E-state index contributed by atoms with van der Waals surface area (Å²) in [6.07, 6.45) is 0. The molecule has 0 aliphatic heterocycles. The molecule has 0 saturated heterocycles. The monoisotopic (exact) mass is 270 g/mol. The zero-order valence-corrected chi connectivity index (χ0v) is 11.1. The molecule has 0 aliphatic rings. The van der Waals surface area contributed by atoms with Crippen LogP contribution in [0.2, 0.25) is 0 Å². The Bertz CT molecular complexity index is 61.6. The van der Waals surface area contributed by atoms with Crippen molar-refractivity contribution in [2.24, 2.45) is 0 Å². The van der Waals surface area contributed by atoms with Crippen molar-refractivity contribution in [2.45, 2.75) is 0 Å². The SMILES string of the molecule is O.O.O.O[Si](O)(O)O.O[Si](O)(O)O.[H-].[Na+]. The van der Waals surface area contributed by atoms with Crippen LogP contribution >= 0.6 is 0 Å². The molecule has 90 valence electrons. The van der Waals surface area contributed by atoms with Crippen molar-refractivity contribution < 1.29 is 85.8 Å². The van der Waals surface area contributed by atoms with E-state index in [1.54, 1.807) is 0 Å². The minimum atomic E-state index is -4.61. The van der Waals surface area contributed by atoms with E-state index in [0.717, 1.165) is 0 Å². The molecular formula is H15NaO11Si2. The maximum absolute atomic E-state index is 7.33. The first kappa shape index (κ1) is 36.3. The third-order valence-electron chi connectivity index (χ3n) is 0. The van der Waals surface area contributed by atoms with Crippen LogP contribution in [0, 0.1) is 0 Å². The van der Waals surface area contributed by atoms with Crippen molar-refractivity contribution in [3.05, 3.63) is 0 Å². The van der Waals surface area contributed by atoms with Crippen molar-refractivity contribution in [3.63, 3.8) is 0 Å². The fraction of sp³-hybridized carbons (Fsp3) is 0. The van der Waals surface area contributed by atoms with Crippen LogP contribution in [0.3, 0.4) is 0 Å².